The molecule has 0 aliphatic carbocycles. The Bertz CT molecular complexity index is 967. The molecule has 4 rings (SSSR count). The molecule has 2 heterocycles. The second kappa shape index (κ2) is 6.79. The number of rotatable bonds is 1. The van der Waals surface area contributed by atoms with Crippen molar-refractivity contribution < 1.29 is 19.7 Å². The molecular formula is C22H26N2O4. The highest BCUT2D eigenvalue weighted by Gasteiger charge is 2.40. The Morgan fingerprint density at radius 2 is 1.50 bits per heavy atom. The smallest absolute Gasteiger partial charge is 0.410 e. The van der Waals surface area contributed by atoms with Gasteiger partial charge in [-0.2, -0.15) is 0 Å². The normalized spacial score (nSPS) is 23.3. The zero-order valence-electron chi connectivity index (χ0n) is 16.4. The summed E-state index contributed by atoms with van der Waals surface area (Å²) in [5.41, 5.74) is 1.30. The number of nitrogens with zero attached hydrogens (tertiary/aromatic N) is 2. The van der Waals surface area contributed by atoms with Crippen molar-refractivity contribution in [2.75, 3.05) is 13.1 Å². The molecule has 6 heteroatoms. The minimum absolute atomic E-state index is 0.0454. The van der Waals surface area contributed by atoms with Crippen molar-refractivity contribution in [1.82, 2.24) is 9.47 Å². The van der Waals surface area contributed by atoms with E-state index >= 15 is 0 Å². The van der Waals surface area contributed by atoms with Gasteiger partial charge in [0, 0.05) is 28.4 Å². The Morgan fingerprint density at radius 3 is 2.04 bits per heavy atom. The second-order valence-corrected chi connectivity index (χ2v) is 8.41. The molecule has 0 unspecified atom stereocenters. The van der Waals surface area contributed by atoms with Gasteiger partial charge in [-0.3, -0.25) is 0 Å². The summed E-state index contributed by atoms with van der Waals surface area (Å²) in [6, 6.07) is 15.5. The number of piperidine rings is 1. The van der Waals surface area contributed by atoms with Crippen LogP contribution in [0.3, 0.4) is 0 Å². The van der Waals surface area contributed by atoms with Crippen LogP contribution in [-0.4, -0.2) is 56.7 Å². The van der Waals surface area contributed by atoms with Crippen LogP contribution < -0.4 is 0 Å². The fourth-order valence-corrected chi connectivity index (χ4v) is 4.02. The molecule has 6 nitrogen and oxygen atoms in total. The highest BCUT2D eigenvalue weighted by atomic mass is 16.6. The van der Waals surface area contributed by atoms with Gasteiger partial charge >= 0.3 is 6.09 Å². The molecule has 2 aromatic carbocycles. The van der Waals surface area contributed by atoms with Crippen molar-refractivity contribution in [3.8, 4) is 0 Å². The number of ether oxygens (including phenoxy) is 1. The number of hydrogen-bond acceptors (Lipinski definition) is 4. The summed E-state index contributed by atoms with van der Waals surface area (Å²) in [5.74, 6) is 0. The minimum Gasteiger partial charge on any atom is -0.444 e. The predicted octanol–water partition coefficient (Wildman–Crippen LogP) is 3.31. The molecule has 0 saturated carbocycles. The summed E-state index contributed by atoms with van der Waals surface area (Å²) in [6.07, 6.45) is -2.52. The van der Waals surface area contributed by atoms with Crippen molar-refractivity contribution in [2.45, 2.75) is 44.6 Å². The van der Waals surface area contributed by atoms with Crippen LogP contribution in [0, 0.1) is 0 Å². The van der Waals surface area contributed by atoms with Gasteiger partial charge in [0.05, 0.1) is 18.7 Å². The number of para-hydroxylation sites is 2. The van der Waals surface area contributed by atoms with E-state index in [1.54, 1.807) is 0 Å². The van der Waals surface area contributed by atoms with E-state index in [0.29, 0.717) is 0 Å². The van der Waals surface area contributed by atoms with Crippen molar-refractivity contribution >= 4 is 27.9 Å². The minimum atomic E-state index is -1.05. The van der Waals surface area contributed by atoms with Crippen LogP contribution in [-0.2, 0) is 4.74 Å². The number of aromatic nitrogens is 1. The Morgan fingerprint density at radius 1 is 0.964 bits per heavy atom. The standard InChI is InChI=1S/C22H26N2O4/c1-22(2,3)28-21(27)23-12-18(20(26)19(25)13-23)24-16-10-6-4-8-14(16)15-9-5-7-11-17(15)24/h4-11,18-20,25-26H,12-13H2,1-3H3/t18-,19-,20-/m0/s1. The third-order valence-corrected chi connectivity index (χ3v) is 5.20. The Labute approximate surface area is 163 Å². The van der Waals surface area contributed by atoms with Crippen molar-refractivity contribution in [3.05, 3.63) is 48.5 Å². The molecule has 1 aliphatic rings. The van der Waals surface area contributed by atoms with Gasteiger partial charge in [0.15, 0.2) is 0 Å². The summed E-state index contributed by atoms with van der Waals surface area (Å²) >= 11 is 0. The summed E-state index contributed by atoms with van der Waals surface area (Å²) in [7, 11) is 0. The average molecular weight is 382 g/mol. The first-order valence-corrected chi connectivity index (χ1v) is 9.58. The molecule has 1 saturated heterocycles. The van der Waals surface area contributed by atoms with Crippen LogP contribution in [0.1, 0.15) is 26.8 Å². The number of hydrogen-bond donors (Lipinski definition) is 2. The lowest BCUT2D eigenvalue weighted by atomic mass is 9.99. The van der Waals surface area contributed by atoms with E-state index in [9.17, 15) is 15.0 Å². The van der Waals surface area contributed by atoms with Gasteiger partial charge < -0.3 is 24.4 Å². The van der Waals surface area contributed by atoms with E-state index in [1.165, 1.54) is 4.90 Å². The number of carbonyl (C=O) groups excluding carboxylic acids is 1. The van der Waals surface area contributed by atoms with Gasteiger partial charge in [0.1, 0.15) is 11.7 Å². The first-order chi connectivity index (χ1) is 13.3. The third kappa shape index (κ3) is 3.23. The van der Waals surface area contributed by atoms with Crippen LogP contribution in [0.15, 0.2) is 48.5 Å². The highest BCUT2D eigenvalue weighted by molar-refractivity contribution is 6.08. The first kappa shape index (κ1) is 18.8. The molecule has 0 bridgehead atoms. The molecule has 148 valence electrons. The first-order valence-electron chi connectivity index (χ1n) is 9.58. The zero-order valence-corrected chi connectivity index (χ0v) is 16.4. The van der Waals surface area contributed by atoms with E-state index in [4.69, 9.17) is 4.74 Å². The van der Waals surface area contributed by atoms with E-state index in [0.717, 1.165) is 21.8 Å². The number of amides is 1. The van der Waals surface area contributed by atoms with E-state index in [2.05, 4.69) is 0 Å². The number of benzene rings is 2. The molecule has 1 fully saturated rings. The number of aliphatic hydroxyl groups is 2. The SMILES string of the molecule is CC(C)(C)OC(=O)N1C[C@H](O)[C@@H](O)[C@@H](n2c3ccccc3c3ccccc32)C1. The third-order valence-electron chi connectivity index (χ3n) is 5.20. The largest absolute Gasteiger partial charge is 0.444 e. The number of fused-ring (bicyclic) bond motifs is 3. The van der Waals surface area contributed by atoms with E-state index in [1.807, 2.05) is 73.9 Å². The van der Waals surface area contributed by atoms with Crippen molar-refractivity contribution in [3.63, 3.8) is 0 Å². The number of likely N-dealkylation sites (tertiary alicyclic amines) is 1. The lowest BCUT2D eigenvalue weighted by Crippen LogP contribution is -2.55. The van der Waals surface area contributed by atoms with Crippen LogP contribution in [0.4, 0.5) is 4.79 Å². The monoisotopic (exact) mass is 382 g/mol. The van der Waals surface area contributed by atoms with E-state index < -0.39 is 29.9 Å². The van der Waals surface area contributed by atoms with Gasteiger partial charge in [-0.1, -0.05) is 36.4 Å². The number of β-amino-alcohol motifs (C(OH)–C–C–N with tert-alkyl or cyclic N) is 1. The maximum absolute atomic E-state index is 12.6. The lowest BCUT2D eigenvalue weighted by molar-refractivity contribution is -0.0704. The number of aliphatic hydroxyl groups excluding tert-OH is 2. The highest BCUT2D eigenvalue weighted by Crippen LogP contribution is 2.35. The summed E-state index contributed by atoms with van der Waals surface area (Å²) in [6.45, 7) is 5.74. The number of carbonyl (C=O) groups is 1. The van der Waals surface area contributed by atoms with Crippen molar-refractivity contribution in [2.24, 2.45) is 0 Å². The summed E-state index contributed by atoms with van der Waals surface area (Å²) in [4.78, 5) is 14.1. The second-order valence-electron chi connectivity index (χ2n) is 8.41. The Hall–Kier alpha value is -2.57. The molecule has 1 amide bonds. The van der Waals surface area contributed by atoms with Crippen LogP contribution in [0.25, 0.3) is 21.8 Å². The van der Waals surface area contributed by atoms with Gasteiger partial charge in [0.25, 0.3) is 0 Å². The molecule has 1 aliphatic heterocycles. The van der Waals surface area contributed by atoms with Gasteiger partial charge in [-0.05, 0) is 32.9 Å². The van der Waals surface area contributed by atoms with Crippen LogP contribution >= 0.6 is 0 Å². The molecule has 28 heavy (non-hydrogen) atoms. The van der Waals surface area contributed by atoms with E-state index in [-0.39, 0.29) is 13.1 Å². The molecule has 3 atom stereocenters. The fourth-order valence-electron chi connectivity index (χ4n) is 4.02. The quantitative estimate of drug-likeness (QED) is 0.677. The maximum Gasteiger partial charge on any atom is 0.410 e. The molecule has 0 spiro atoms. The molecule has 2 N–H and O–H groups in total. The van der Waals surface area contributed by atoms with Crippen LogP contribution in [0.5, 0.6) is 0 Å². The molecule has 0 radical (unpaired) electrons. The van der Waals surface area contributed by atoms with Gasteiger partial charge in [-0.25, -0.2) is 4.79 Å². The predicted molar refractivity (Wildman–Crippen MR) is 108 cm³/mol. The summed E-state index contributed by atoms with van der Waals surface area (Å²) in [5, 5.41) is 23.5. The topological polar surface area (TPSA) is 74.9 Å². The summed E-state index contributed by atoms with van der Waals surface area (Å²) < 4.78 is 7.52. The fraction of sp³-hybridized carbons (Fsp3) is 0.409. The van der Waals surface area contributed by atoms with Gasteiger partial charge in [0.2, 0.25) is 0 Å². The molecule has 1 aromatic heterocycles. The zero-order chi connectivity index (χ0) is 20.1. The Kier molecular flexibility index (Phi) is 4.56. The Balaban J connectivity index is 1.79. The lowest BCUT2D eigenvalue weighted by Gasteiger charge is -2.40. The molecule has 3 aromatic rings. The maximum atomic E-state index is 12.6. The van der Waals surface area contributed by atoms with Gasteiger partial charge in [-0.15, -0.1) is 0 Å². The van der Waals surface area contributed by atoms with Crippen LogP contribution in [0.2, 0.25) is 0 Å². The molecular weight excluding hydrogens is 356 g/mol. The average Bonchev–Trinajstić information content (AvgIpc) is 2.97. The van der Waals surface area contributed by atoms with Crippen molar-refractivity contribution in [1.29, 1.82) is 0 Å².